The van der Waals surface area contributed by atoms with Crippen molar-refractivity contribution in [2.45, 2.75) is 30.1 Å². The van der Waals surface area contributed by atoms with Crippen LogP contribution in [0.5, 0.6) is 0 Å². The third kappa shape index (κ3) is 8.62. The van der Waals surface area contributed by atoms with Gasteiger partial charge >= 0.3 is 13.8 Å². The summed E-state index contributed by atoms with van der Waals surface area (Å²) in [6.45, 7) is 1.98. The number of ether oxygens (including phenoxy) is 1. The average Bonchev–Trinajstić information content (AvgIpc) is 2.37. The van der Waals surface area contributed by atoms with E-state index < -0.39 is 30.8 Å². The van der Waals surface area contributed by atoms with Crippen molar-refractivity contribution in [2.24, 2.45) is 0 Å². The van der Waals surface area contributed by atoms with Crippen molar-refractivity contribution in [1.82, 2.24) is 0 Å². The molecule has 0 saturated heterocycles. The molecule has 126 valence electrons. The minimum absolute atomic E-state index is 0.0623. The van der Waals surface area contributed by atoms with Gasteiger partial charge in [0.1, 0.15) is 5.38 Å². The van der Waals surface area contributed by atoms with E-state index in [4.69, 9.17) is 37.6 Å². The van der Waals surface area contributed by atoms with Crippen molar-refractivity contribution in [3.8, 4) is 0 Å². The highest BCUT2D eigenvalue weighted by atomic mass is 35.5. The minimum atomic E-state index is -4.56. The number of rotatable bonds is 8. The van der Waals surface area contributed by atoms with Crippen molar-refractivity contribution >= 4 is 47.6 Å². The number of thiocarbonyl (C=S) groups is 1. The summed E-state index contributed by atoms with van der Waals surface area (Å²) in [5, 5.41) is -2.89. The third-order valence-corrected chi connectivity index (χ3v) is 6.42. The van der Waals surface area contributed by atoms with Gasteiger partial charge in [-0.05, 0) is 25.6 Å². The van der Waals surface area contributed by atoms with E-state index in [1.807, 2.05) is 0 Å². The molecule has 0 aliphatic carbocycles. The first kappa shape index (κ1) is 21.5. The number of halogens is 4. The summed E-state index contributed by atoms with van der Waals surface area (Å²) < 4.78 is 64.3. The molecule has 0 saturated carbocycles. The van der Waals surface area contributed by atoms with Crippen LogP contribution in [0.3, 0.4) is 0 Å². The molecule has 0 spiro atoms. The first-order valence-electron chi connectivity index (χ1n) is 5.82. The van der Waals surface area contributed by atoms with Gasteiger partial charge in [-0.2, -0.15) is 13.2 Å². The van der Waals surface area contributed by atoms with E-state index in [9.17, 15) is 17.7 Å². The summed E-state index contributed by atoms with van der Waals surface area (Å²) in [7, 11) is -1.16. The van der Waals surface area contributed by atoms with Crippen LogP contribution in [0.2, 0.25) is 0 Å². The fourth-order valence-corrected chi connectivity index (χ4v) is 4.82. The lowest BCUT2D eigenvalue weighted by Gasteiger charge is -2.23. The van der Waals surface area contributed by atoms with Gasteiger partial charge in [0.2, 0.25) is 4.38 Å². The predicted molar refractivity (Wildman–Crippen MR) is 82.4 cm³/mol. The Morgan fingerprint density at radius 3 is 2.29 bits per heavy atom. The minimum Gasteiger partial charge on any atom is -0.479 e. The summed E-state index contributed by atoms with van der Waals surface area (Å²) in [5.74, 6) is 0. The lowest BCUT2D eigenvalue weighted by atomic mass is 10.2. The molecule has 0 amide bonds. The third-order valence-electron chi connectivity index (χ3n) is 2.33. The Morgan fingerprint density at radius 1 is 1.38 bits per heavy atom. The molecule has 0 heterocycles. The van der Waals surface area contributed by atoms with Crippen LogP contribution >= 0.6 is 43.2 Å². The Morgan fingerprint density at radius 2 is 1.90 bits per heavy atom. The van der Waals surface area contributed by atoms with E-state index in [2.05, 4.69) is 0 Å². The molecule has 21 heavy (non-hydrogen) atoms. The molecule has 2 atom stereocenters. The number of hydrogen-bond donors (Lipinski definition) is 0. The van der Waals surface area contributed by atoms with Crippen LogP contribution in [0.1, 0.15) is 13.3 Å². The molecule has 2 unspecified atom stereocenters. The topological polar surface area (TPSA) is 44.8 Å². The maximum Gasteiger partial charge on any atom is 0.404 e. The highest BCUT2D eigenvalue weighted by molar-refractivity contribution is 8.23. The Hall–Kier alpha value is 0.470. The lowest BCUT2D eigenvalue weighted by molar-refractivity contribution is -0.131. The van der Waals surface area contributed by atoms with Crippen LogP contribution in [0.25, 0.3) is 0 Å². The van der Waals surface area contributed by atoms with Crippen LogP contribution < -0.4 is 0 Å². The number of hydrogen-bond acceptors (Lipinski definition) is 6. The molecule has 0 aromatic heterocycles. The molecule has 0 N–H and O–H groups in total. The second-order valence-electron chi connectivity index (χ2n) is 3.83. The summed E-state index contributed by atoms with van der Waals surface area (Å²) in [4.78, 5) is 0. The molecule has 4 nitrogen and oxygen atoms in total. The zero-order valence-corrected chi connectivity index (χ0v) is 15.0. The van der Waals surface area contributed by atoms with E-state index in [1.165, 1.54) is 0 Å². The smallest absolute Gasteiger partial charge is 0.404 e. The Kier molecular flexibility index (Phi) is 9.79. The molecule has 0 aromatic rings. The number of alkyl halides is 4. The number of thioether (sulfide) groups is 1. The maximum absolute atomic E-state index is 12.6. The van der Waals surface area contributed by atoms with Crippen LogP contribution in [0, 0.1) is 0 Å². The van der Waals surface area contributed by atoms with Crippen molar-refractivity contribution in [2.75, 3.05) is 27.0 Å². The Labute approximate surface area is 136 Å². The van der Waals surface area contributed by atoms with Crippen LogP contribution in [-0.2, 0) is 18.3 Å². The standard InChI is InChI=1S/C10H17ClF3O4PS2/c1-4-18-9(20)21-7(5-8(11)10(12,13)14)6-19(15,16-2)17-3/h7-8H,4-6H2,1-3H3. The molecule has 0 rings (SSSR count). The van der Waals surface area contributed by atoms with E-state index in [1.54, 1.807) is 6.92 Å². The first-order valence-corrected chi connectivity index (χ1v) is 9.28. The van der Waals surface area contributed by atoms with Gasteiger partial charge in [-0.15, -0.1) is 11.6 Å². The highest BCUT2D eigenvalue weighted by Crippen LogP contribution is 2.49. The Bertz CT molecular complexity index is 376. The lowest BCUT2D eigenvalue weighted by Crippen LogP contribution is -2.29. The van der Waals surface area contributed by atoms with Gasteiger partial charge in [-0.3, -0.25) is 4.57 Å². The van der Waals surface area contributed by atoms with Crippen molar-refractivity contribution in [1.29, 1.82) is 0 Å². The fourth-order valence-electron chi connectivity index (χ4n) is 1.29. The molecular weight excluding hydrogens is 372 g/mol. The van der Waals surface area contributed by atoms with Crippen molar-refractivity contribution < 1.29 is 31.5 Å². The van der Waals surface area contributed by atoms with Crippen molar-refractivity contribution in [3.05, 3.63) is 0 Å². The van der Waals surface area contributed by atoms with Crippen molar-refractivity contribution in [3.63, 3.8) is 0 Å². The molecule has 11 heteroatoms. The zero-order valence-electron chi connectivity index (χ0n) is 11.7. The van der Waals surface area contributed by atoms with Crippen LogP contribution in [0.4, 0.5) is 13.2 Å². The second-order valence-corrected chi connectivity index (χ2v) is 8.57. The molecular formula is C10H17ClF3O4PS2. The molecule has 0 bridgehead atoms. The van der Waals surface area contributed by atoms with Gasteiger partial charge in [0, 0.05) is 19.5 Å². The van der Waals surface area contributed by atoms with E-state index in [-0.39, 0.29) is 17.2 Å². The monoisotopic (exact) mass is 388 g/mol. The van der Waals surface area contributed by atoms with E-state index in [0.29, 0.717) is 0 Å². The molecule has 0 aromatic carbocycles. The summed E-state index contributed by atoms with van der Waals surface area (Å²) in [6, 6.07) is 0. The van der Waals surface area contributed by atoms with Gasteiger partial charge in [0.15, 0.2) is 0 Å². The zero-order chi connectivity index (χ0) is 16.7. The summed E-state index contributed by atoms with van der Waals surface area (Å²) >= 11 is 11.1. The molecule has 0 fully saturated rings. The van der Waals surface area contributed by atoms with E-state index >= 15 is 0 Å². The molecule has 0 aliphatic rings. The van der Waals surface area contributed by atoms with Gasteiger partial charge in [-0.25, -0.2) is 0 Å². The van der Waals surface area contributed by atoms with E-state index in [0.717, 1.165) is 26.0 Å². The van der Waals surface area contributed by atoms with Gasteiger partial charge in [0.25, 0.3) is 0 Å². The van der Waals surface area contributed by atoms with Crippen LogP contribution in [-0.4, -0.2) is 48.2 Å². The second kappa shape index (κ2) is 9.57. The molecule has 0 radical (unpaired) electrons. The van der Waals surface area contributed by atoms with Gasteiger partial charge in [-0.1, -0.05) is 11.8 Å². The first-order chi connectivity index (χ1) is 9.57. The predicted octanol–water partition coefficient (Wildman–Crippen LogP) is 4.46. The maximum atomic E-state index is 12.6. The van der Waals surface area contributed by atoms with Gasteiger partial charge in [0.05, 0.1) is 12.8 Å². The highest BCUT2D eigenvalue weighted by Gasteiger charge is 2.41. The largest absolute Gasteiger partial charge is 0.479 e. The summed E-state index contributed by atoms with van der Waals surface area (Å²) in [5.41, 5.74) is 0. The summed E-state index contributed by atoms with van der Waals surface area (Å²) in [6.07, 6.45) is -5.30. The fraction of sp³-hybridized carbons (Fsp3) is 0.900. The quantitative estimate of drug-likeness (QED) is 0.347. The average molecular weight is 389 g/mol. The Balaban J connectivity index is 4.93. The normalized spacial score (nSPS) is 15.6. The molecule has 0 aliphatic heterocycles. The van der Waals surface area contributed by atoms with Crippen LogP contribution in [0.15, 0.2) is 0 Å². The SMILES string of the molecule is CCOC(=S)SC(CC(Cl)C(F)(F)F)CP(=O)(OC)OC. The van der Waals surface area contributed by atoms with Gasteiger partial charge < -0.3 is 13.8 Å².